The van der Waals surface area contributed by atoms with Crippen LogP contribution in [0.1, 0.15) is 33.3 Å². The standard InChI is InChI=1S/C15H23N3O3/c1-14(2,3)17-13(19)21-15(4,12(16)18-20)10-11-8-6-5-7-9-11/h5-9,20H,10H2,1-4H3,(H2,16,18)(H,17,19)/t15-/m1/s1. The second kappa shape index (κ2) is 6.47. The minimum atomic E-state index is -1.23. The maximum atomic E-state index is 12.0. The molecule has 1 amide bonds. The third-order valence-electron chi connectivity index (χ3n) is 2.83. The zero-order valence-corrected chi connectivity index (χ0v) is 12.9. The van der Waals surface area contributed by atoms with E-state index in [4.69, 9.17) is 15.7 Å². The van der Waals surface area contributed by atoms with Crippen LogP contribution in [0.5, 0.6) is 0 Å². The summed E-state index contributed by atoms with van der Waals surface area (Å²) >= 11 is 0. The normalized spacial score (nSPS) is 15.1. The Morgan fingerprint density at radius 1 is 1.29 bits per heavy atom. The molecule has 0 aromatic heterocycles. The zero-order valence-electron chi connectivity index (χ0n) is 12.9. The first-order valence-electron chi connectivity index (χ1n) is 6.69. The Hall–Kier alpha value is -2.24. The lowest BCUT2D eigenvalue weighted by Crippen LogP contribution is -2.51. The molecule has 116 valence electrons. The van der Waals surface area contributed by atoms with Crippen LogP contribution in [0.3, 0.4) is 0 Å². The number of nitrogens with one attached hydrogen (secondary N) is 1. The van der Waals surface area contributed by atoms with E-state index in [9.17, 15) is 4.79 Å². The number of amidine groups is 1. The number of hydrogen-bond acceptors (Lipinski definition) is 4. The molecule has 0 aliphatic heterocycles. The number of benzene rings is 1. The molecular formula is C15H23N3O3. The van der Waals surface area contributed by atoms with Crippen molar-refractivity contribution in [1.82, 2.24) is 5.32 Å². The molecule has 0 aliphatic rings. The van der Waals surface area contributed by atoms with E-state index in [2.05, 4.69) is 10.5 Å². The average molecular weight is 293 g/mol. The number of oxime groups is 1. The Morgan fingerprint density at radius 3 is 2.33 bits per heavy atom. The van der Waals surface area contributed by atoms with Crippen LogP contribution in [-0.2, 0) is 11.2 Å². The van der Waals surface area contributed by atoms with E-state index in [1.54, 1.807) is 6.92 Å². The molecule has 1 atom stereocenters. The molecule has 21 heavy (non-hydrogen) atoms. The van der Waals surface area contributed by atoms with Crippen LogP contribution in [0.15, 0.2) is 35.5 Å². The Labute approximate surface area is 125 Å². The molecule has 0 aliphatic carbocycles. The van der Waals surface area contributed by atoms with Crippen molar-refractivity contribution in [3.8, 4) is 0 Å². The first-order chi connectivity index (χ1) is 9.66. The molecule has 4 N–H and O–H groups in total. The van der Waals surface area contributed by atoms with E-state index in [-0.39, 0.29) is 5.84 Å². The fourth-order valence-corrected chi connectivity index (χ4v) is 1.81. The van der Waals surface area contributed by atoms with Crippen LogP contribution >= 0.6 is 0 Å². The lowest BCUT2D eigenvalue weighted by atomic mass is 9.95. The van der Waals surface area contributed by atoms with Crippen LogP contribution in [0.2, 0.25) is 0 Å². The number of ether oxygens (including phenoxy) is 1. The van der Waals surface area contributed by atoms with E-state index >= 15 is 0 Å². The summed E-state index contributed by atoms with van der Waals surface area (Å²) in [5.41, 5.74) is 4.95. The highest BCUT2D eigenvalue weighted by Gasteiger charge is 2.35. The Balaban J connectivity index is 2.92. The number of hydrogen-bond donors (Lipinski definition) is 3. The van der Waals surface area contributed by atoms with Crippen LogP contribution in [0.25, 0.3) is 0 Å². The summed E-state index contributed by atoms with van der Waals surface area (Å²) in [5.74, 6) is -0.157. The summed E-state index contributed by atoms with van der Waals surface area (Å²) < 4.78 is 5.40. The van der Waals surface area contributed by atoms with Crippen LogP contribution in [-0.4, -0.2) is 28.3 Å². The van der Waals surface area contributed by atoms with Crippen molar-refractivity contribution in [2.45, 2.75) is 45.3 Å². The van der Waals surface area contributed by atoms with Gasteiger partial charge in [-0.15, -0.1) is 0 Å². The third-order valence-corrected chi connectivity index (χ3v) is 2.83. The molecule has 0 radical (unpaired) electrons. The zero-order chi connectivity index (χ0) is 16.1. The summed E-state index contributed by atoms with van der Waals surface area (Å²) in [6.07, 6.45) is -0.311. The maximum Gasteiger partial charge on any atom is 0.408 e. The molecular weight excluding hydrogens is 270 g/mol. The lowest BCUT2D eigenvalue weighted by molar-refractivity contribution is 0.0644. The molecule has 1 rings (SSSR count). The Morgan fingerprint density at radius 2 is 1.86 bits per heavy atom. The van der Waals surface area contributed by atoms with Gasteiger partial charge in [0.15, 0.2) is 11.4 Å². The van der Waals surface area contributed by atoms with Gasteiger partial charge in [0, 0.05) is 12.0 Å². The molecule has 0 heterocycles. The maximum absolute atomic E-state index is 12.0. The van der Waals surface area contributed by atoms with Gasteiger partial charge in [-0.05, 0) is 33.3 Å². The fraction of sp³-hybridized carbons (Fsp3) is 0.467. The van der Waals surface area contributed by atoms with E-state index in [0.717, 1.165) is 5.56 Å². The highest BCUT2D eigenvalue weighted by atomic mass is 16.6. The third kappa shape index (κ3) is 5.33. The number of nitrogens with two attached hydrogens (primary N) is 1. The first kappa shape index (κ1) is 16.8. The molecule has 1 aromatic rings. The van der Waals surface area contributed by atoms with Crippen molar-refractivity contribution in [2.75, 3.05) is 0 Å². The van der Waals surface area contributed by atoms with E-state index in [0.29, 0.717) is 6.42 Å². The van der Waals surface area contributed by atoms with Crippen molar-refractivity contribution in [1.29, 1.82) is 0 Å². The number of rotatable bonds is 4. The average Bonchev–Trinajstić information content (AvgIpc) is 2.36. The van der Waals surface area contributed by atoms with Crippen LogP contribution in [0.4, 0.5) is 4.79 Å². The second-order valence-corrected chi connectivity index (χ2v) is 6.14. The lowest BCUT2D eigenvalue weighted by Gasteiger charge is -2.30. The Bertz CT molecular complexity index is 509. The van der Waals surface area contributed by atoms with Gasteiger partial charge in [0.1, 0.15) is 0 Å². The van der Waals surface area contributed by atoms with E-state index < -0.39 is 17.2 Å². The molecule has 0 fully saturated rings. The predicted molar refractivity (Wildman–Crippen MR) is 81.3 cm³/mol. The summed E-state index contributed by atoms with van der Waals surface area (Å²) in [4.78, 5) is 12.0. The van der Waals surface area contributed by atoms with E-state index in [1.807, 2.05) is 51.1 Å². The number of nitrogens with zero attached hydrogens (tertiary/aromatic N) is 1. The Kier molecular flexibility index (Phi) is 5.18. The molecule has 0 unspecified atom stereocenters. The van der Waals surface area contributed by atoms with Gasteiger partial charge < -0.3 is 21.0 Å². The summed E-state index contributed by atoms with van der Waals surface area (Å²) in [7, 11) is 0. The molecule has 0 saturated heterocycles. The van der Waals surface area contributed by atoms with Crippen LogP contribution < -0.4 is 11.1 Å². The molecule has 0 spiro atoms. The molecule has 1 aromatic carbocycles. The topological polar surface area (TPSA) is 96.9 Å². The summed E-state index contributed by atoms with van der Waals surface area (Å²) in [6.45, 7) is 7.13. The van der Waals surface area contributed by atoms with Gasteiger partial charge in [-0.3, -0.25) is 0 Å². The quantitative estimate of drug-likeness (QED) is 0.343. The highest BCUT2D eigenvalue weighted by Crippen LogP contribution is 2.19. The van der Waals surface area contributed by atoms with Crippen molar-refractivity contribution < 1.29 is 14.7 Å². The SMILES string of the molecule is CC(C)(C)NC(=O)O[C@](C)(Cc1ccccc1)C(N)=NO. The van der Waals surface area contributed by atoms with Gasteiger partial charge in [0.05, 0.1) is 0 Å². The second-order valence-electron chi connectivity index (χ2n) is 6.14. The smallest absolute Gasteiger partial charge is 0.408 e. The van der Waals surface area contributed by atoms with Gasteiger partial charge in [-0.2, -0.15) is 0 Å². The number of alkyl carbamates (subject to hydrolysis) is 1. The first-order valence-corrected chi connectivity index (χ1v) is 6.69. The molecule has 0 saturated carbocycles. The van der Waals surface area contributed by atoms with Gasteiger partial charge in [-0.1, -0.05) is 35.5 Å². The molecule has 0 bridgehead atoms. The van der Waals surface area contributed by atoms with Gasteiger partial charge >= 0.3 is 6.09 Å². The van der Waals surface area contributed by atoms with Crippen molar-refractivity contribution in [2.24, 2.45) is 10.9 Å². The monoisotopic (exact) mass is 293 g/mol. The predicted octanol–water partition coefficient (Wildman–Crippen LogP) is 2.26. The minimum absolute atomic E-state index is 0.157. The van der Waals surface area contributed by atoms with Gasteiger partial charge in [0.2, 0.25) is 0 Å². The fourth-order valence-electron chi connectivity index (χ4n) is 1.81. The minimum Gasteiger partial charge on any atom is -0.435 e. The number of carbonyl (C=O) groups is 1. The summed E-state index contributed by atoms with van der Waals surface area (Å²) in [5, 5.41) is 14.6. The highest BCUT2D eigenvalue weighted by molar-refractivity contribution is 5.90. The van der Waals surface area contributed by atoms with Gasteiger partial charge in [0.25, 0.3) is 0 Å². The largest absolute Gasteiger partial charge is 0.435 e. The van der Waals surface area contributed by atoms with Crippen molar-refractivity contribution >= 4 is 11.9 Å². The molecule has 6 heteroatoms. The van der Waals surface area contributed by atoms with Crippen molar-refractivity contribution in [3.05, 3.63) is 35.9 Å². The summed E-state index contributed by atoms with van der Waals surface area (Å²) in [6, 6.07) is 9.40. The number of amides is 1. The van der Waals surface area contributed by atoms with Crippen molar-refractivity contribution in [3.63, 3.8) is 0 Å². The van der Waals surface area contributed by atoms with Gasteiger partial charge in [-0.25, -0.2) is 4.79 Å². The van der Waals surface area contributed by atoms with E-state index in [1.165, 1.54) is 0 Å². The number of carbonyl (C=O) groups excluding carboxylic acids is 1. The van der Waals surface area contributed by atoms with Crippen LogP contribution in [0, 0.1) is 0 Å². The molecule has 6 nitrogen and oxygen atoms in total.